The van der Waals surface area contributed by atoms with Crippen molar-refractivity contribution in [3.8, 4) is 0 Å². The minimum absolute atomic E-state index is 0.219. The van der Waals surface area contributed by atoms with E-state index in [4.69, 9.17) is 9.05 Å². The summed E-state index contributed by atoms with van der Waals surface area (Å²) in [7, 11) is -5.08. The molecule has 9 atom stereocenters. The van der Waals surface area contributed by atoms with Gasteiger partial charge < -0.3 is 40.8 Å². The standard InChI is InChI=1S/C60H118NO11P/c1-3-5-7-9-11-13-15-17-19-20-21-22-23-24-25-26-27-28-29-30-31-32-33-34-35-36-38-40-42-44-46-48-50-54(63)61-52(51-71-73(69,70)72-60-58(67)56(65)55(64)57(66)59(60)68)53(62)49-47-45-43-41-39-37-18-16-14-12-10-8-6-4-2/h47,49,52-53,55-60,62,64-68H,3-46,48,50-51H2,1-2H3,(H,61,63)(H,69,70)/b49-47+/t52-,53+,55?,56+,57?,58?,59?,60?/m0/s1. The van der Waals surface area contributed by atoms with Gasteiger partial charge in [-0.05, 0) is 19.3 Å². The molecular weight excluding hydrogens is 942 g/mol. The zero-order valence-electron chi connectivity index (χ0n) is 47.2. The number of phosphoric ester groups is 1. The van der Waals surface area contributed by atoms with Crippen LogP contribution < -0.4 is 5.32 Å². The molecule has 0 radical (unpaired) electrons. The highest BCUT2D eigenvalue weighted by molar-refractivity contribution is 7.47. The van der Waals surface area contributed by atoms with E-state index in [1.807, 2.05) is 6.08 Å². The van der Waals surface area contributed by atoms with Gasteiger partial charge in [0.25, 0.3) is 0 Å². The van der Waals surface area contributed by atoms with Crippen LogP contribution in [0.2, 0.25) is 0 Å². The molecule has 0 aliphatic heterocycles. The van der Waals surface area contributed by atoms with Gasteiger partial charge in [0.2, 0.25) is 5.91 Å². The molecule has 1 rings (SSSR count). The molecule has 0 spiro atoms. The number of carbonyl (C=O) groups excluding carboxylic acids is 1. The fourth-order valence-electron chi connectivity index (χ4n) is 10.3. The number of nitrogens with one attached hydrogen (secondary N) is 1. The van der Waals surface area contributed by atoms with Crippen molar-refractivity contribution in [1.29, 1.82) is 0 Å². The van der Waals surface area contributed by atoms with Crippen molar-refractivity contribution in [1.82, 2.24) is 5.32 Å². The van der Waals surface area contributed by atoms with Crippen LogP contribution >= 0.6 is 7.82 Å². The van der Waals surface area contributed by atoms with Gasteiger partial charge in [-0.25, -0.2) is 4.57 Å². The van der Waals surface area contributed by atoms with E-state index in [2.05, 4.69) is 19.2 Å². The van der Waals surface area contributed by atoms with Gasteiger partial charge in [-0.1, -0.05) is 296 Å². The summed E-state index contributed by atoms with van der Waals surface area (Å²) in [6, 6.07) is -1.11. The molecule has 0 aromatic rings. The molecule has 434 valence electrons. The Balaban J connectivity index is 2.20. The van der Waals surface area contributed by atoms with Crippen LogP contribution in [0.1, 0.15) is 309 Å². The summed E-state index contributed by atoms with van der Waals surface area (Å²) in [5.74, 6) is -0.334. The summed E-state index contributed by atoms with van der Waals surface area (Å²) in [6.07, 6.45) is 48.9. The van der Waals surface area contributed by atoms with Crippen LogP contribution in [0.25, 0.3) is 0 Å². The quantitative estimate of drug-likeness (QED) is 0.0163. The van der Waals surface area contributed by atoms with E-state index in [1.165, 1.54) is 238 Å². The smallest absolute Gasteiger partial charge is 0.387 e. The van der Waals surface area contributed by atoms with Crippen molar-refractivity contribution in [2.24, 2.45) is 0 Å². The Kier molecular flexibility index (Phi) is 47.4. The lowest BCUT2D eigenvalue weighted by Gasteiger charge is -2.41. The van der Waals surface area contributed by atoms with Gasteiger partial charge >= 0.3 is 7.82 Å². The van der Waals surface area contributed by atoms with Crippen molar-refractivity contribution in [2.75, 3.05) is 6.61 Å². The van der Waals surface area contributed by atoms with E-state index in [0.717, 1.165) is 44.9 Å². The van der Waals surface area contributed by atoms with Crippen LogP contribution in [0.5, 0.6) is 0 Å². The topological polar surface area (TPSA) is 206 Å². The van der Waals surface area contributed by atoms with Crippen LogP contribution in [0.3, 0.4) is 0 Å². The number of rotatable bonds is 54. The van der Waals surface area contributed by atoms with Gasteiger partial charge in [0.05, 0.1) is 18.8 Å². The first-order valence-corrected chi connectivity index (χ1v) is 32.6. The van der Waals surface area contributed by atoms with Gasteiger partial charge in [0.15, 0.2) is 0 Å². The fraction of sp³-hybridized carbons (Fsp3) is 0.950. The van der Waals surface area contributed by atoms with Gasteiger partial charge in [-0.3, -0.25) is 13.8 Å². The number of allylic oxidation sites excluding steroid dienone is 1. The lowest BCUT2D eigenvalue weighted by Crippen LogP contribution is -2.64. The second-order valence-electron chi connectivity index (χ2n) is 22.3. The minimum atomic E-state index is -5.08. The highest BCUT2D eigenvalue weighted by atomic mass is 31.2. The molecule has 1 aliphatic rings. The number of amides is 1. The third kappa shape index (κ3) is 40.0. The van der Waals surface area contributed by atoms with E-state index >= 15 is 0 Å². The summed E-state index contributed by atoms with van der Waals surface area (Å²) in [5.41, 5.74) is 0. The van der Waals surface area contributed by atoms with E-state index in [-0.39, 0.29) is 12.3 Å². The van der Waals surface area contributed by atoms with Crippen molar-refractivity contribution in [2.45, 2.75) is 358 Å². The summed E-state index contributed by atoms with van der Waals surface area (Å²) in [4.78, 5) is 23.5. The maximum atomic E-state index is 13.0. The fourth-order valence-corrected chi connectivity index (χ4v) is 11.3. The number of hydrogen-bond acceptors (Lipinski definition) is 10. The van der Waals surface area contributed by atoms with E-state index in [9.17, 15) is 44.9 Å². The van der Waals surface area contributed by atoms with E-state index in [1.54, 1.807) is 6.08 Å². The second-order valence-corrected chi connectivity index (χ2v) is 23.7. The van der Waals surface area contributed by atoms with E-state index < -0.39 is 63.2 Å². The van der Waals surface area contributed by atoms with Gasteiger partial charge in [-0.2, -0.15) is 0 Å². The molecule has 1 saturated carbocycles. The lowest BCUT2D eigenvalue weighted by molar-refractivity contribution is -0.220. The maximum absolute atomic E-state index is 13.0. The molecular formula is C60H118NO11P. The molecule has 1 aliphatic carbocycles. The molecule has 0 aromatic heterocycles. The molecule has 0 aromatic carbocycles. The summed E-state index contributed by atoms with van der Waals surface area (Å²) in [6.45, 7) is 3.89. The predicted molar refractivity (Wildman–Crippen MR) is 301 cm³/mol. The van der Waals surface area contributed by atoms with Crippen LogP contribution in [0.4, 0.5) is 0 Å². The largest absolute Gasteiger partial charge is 0.472 e. The highest BCUT2D eigenvalue weighted by Gasteiger charge is 2.51. The first-order chi connectivity index (χ1) is 35.4. The Morgan fingerprint density at radius 3 is 1.04 bits per heavy atom. The third-order valence-electron chi connectivity index (χ3n) is 15.3. The zero-order valence-corrected chi connectivity index (χ0v) is 48.1. The average Bonchev–Trinajstić information content (AvgIpc) is 3.38. The molecule has 13 heteroatoms. The Labute approximate surface area is 448 Å². The SMILES string of the molecule is CCCCCCCCCCCCCC/C=C/[C@@H](O)[C@H](COP(=O)(O)OC1C(O)C(O)C(O)[C@@H](O)C1O)NC(=O)CCCCCCCCCCCCCCCCCCCCCCCCCCCCCCCCCC. The third-order valence-corrected chi connectivity index (χ3v) is 16.3. The molecule has 1 fully saturated rings. The lowest BCUT2D eigenvalue weighted by atomic mass is 9.85. The number of aliphatic hydroxyl groups excluding tert-OH is 6. The summed E-state index contributed by atoms with van der Waals surface area (Å²) in [5, 5.41) is 64.3. The van der Waals surface area contributed by atoms with Gasteiger partial charge in [0.1, 0.15) is 36.6 Å². The van der Waals surface area contributed by atoms with Crippen molar-refractivity contribution >= 4 is 13.7 Å². The second kappa shape index (κ2) is 49.4. The monoisotopic (exact) mass is 1060 g/mol. The van der Waals surface area contributed by atoms with Crippen LogP contribution in [0, 0.1) is 0 Å². The maximum Gasteiger partial charge on any atom is 0.472 e. The number of carbonyl (C=O) groups is 1. The summed E-state index contributed by atoms with van der Waals surface area (Å²) >= 11 is 0. The van der Waals surface area contributed by atoms with Crippen molar-refractivity contribution in [3.63, 3.8) is 0 Å². The molecule has 8 N–H and O–H groups in total. The molecule has 0 bridgehead atoms. The van der Waals surface area contributed by atoms with Gasteiger partial charge in [-0.15, -0.1) is 0 Å². The van der Waals surface area contributed by atoms with Crippen molar-refractivity contribution in [3.05, 3.63) is 12.2 Å². The number of aliphatic hydroxyl groups is 6. The number of unbranched alkanes of at least 4 members (excludes halogenated alkanes) is 43. The molecule has 1 amide bonds. The molecule has 6 unspecified atom stereocenters. The highest BCUT2D eigenvalue weighted by Crippen LogP contribution is 2.47. The molecule has 12 nitrogen and oxygen atoms in total. The Hall–Kier alpha value is -0.920. The van der Waals surface area contributed by atoms with Crippen LogP contribution in [-0.2, 0) is 18.4 Å². The Morgan fingerprint density at radius 2 is 0.726 bits per heavy atom. The predicted octanol–water partition coefficient (Wildman–Crippen LogP) is 14.7. The average molecular weight is 1060 g/mol. The Morgan fingerprint density at radius 1 is 0.452 bits per heavy atom. The Bertz CT molecular complexity index is 1280. The van der Waals surface area contributed by atoms with E-state index in [0.29, 0.717) is 6.42 Å². The van der Waals surface area contributed by atoms with Crippen LogP contribution in [-0.4, -0.2) is 96.8 Å². The first kappa shape index (κ1) is 70.1. The molecule has 0 heterocycles. The molecule has 73 heavy (non-hydrogen) atoms. The minimum Gasteiger partial charge on any atom is -0.387 e. The number of hydrogen-bond donors (Lipinski definition) is 8. The first-order valence-electron chi connectivity index (χ1n) is 31.1. The van der Waals surface area contributed by atoms with Crippen LogP contribution in [0.15, 0.2) is 12.2 Å². The molecule has 0 saturated heterocycles. The zero-order chi connectivity index (χ0) is 53.5. The number of phosphoric acid groups is 1. The normalized spacial score (nSPS) is 20.9. The van der Waals surface area contributed by atoms with Gasteiger partial charge in [0, 0.05) is 6.42 Å². The summed E-state index contributed by atoms with van der Waals surface area (Å²) < 4.78 is 23.0. The van der Waals surface area contributed by atoms with Crippen molar-refractivity contribution < 1.29 is 53.9 Å².